The summed E-state index contributed by atoms with van der Waals surface area (Å²) >= 11 is 0. The van der Waals surface area contributed by atoms with Crippen LogP contribution in [0.15, 0.2) is 48.5 Å². The van der Waals surface area contributed by atoms with E-state index in [0.717, 1.165) is 16.5 Å². The molecule has 0 amide bonds. The lowest BCUT2D eigenvalue weighted by Gasteiger charge is -2.38. The summed E-state index contributed by atoms with van der Waals surface area (Å²) in [4.78, 5) is 3.02. The lowest BCUT2D eigenvalue weighted by atomic mass is 9.72. The number of aliphatic hydroxyl groups is 1. The van der Waals surface area contributed by atoms with Crippen LogP contribution in [-0.2, 0) is 17.3 Å². The van der Waals surface area contributed by atoms with E-state index in [1.54, 1.807) is 32.0 Å². The summed E-state index contributed by atoms with van der Waals surface area (Å²) in [5.41, 5.74) is -1.38. The number of benzene rings is 2. The molecule has 174 valence electrons. The number of para-hydroxylation sites is 1. The summed E-state index contributed by atoms with van der Waals surface area (Å²) in [5.74, 6) is 0.512. The van der Waals surface area contributed by atoms with E-state index in [2.05, 4.69) is 4.98 Å². The molecule has 1 heterocycles. The zero-order valence-corrected chi connectivity index (χ0v) is 19.5. The van der Waals surface area contributed by atoms with E-state index in [1.165, 1.54) is 7.11 Å². The Hall–Kier alpha value is -2.47. The molecule has 2 aromatic carbocycles. The molecule has 0 fully saturated rings. The number of H-pyrrole nitrogens is 1. The Balaban J connectivity index is 2.02. The van der Waals surface area contributed by atoms with Crippen molar-refractivity contribution in [3.05, 3.63) is 65.4 Å². The molecule has 1 unspecified atom stereocenters. The predicted octanol–water partition coefficient (Wildman–Crippen LogP) is 6.68. The fourth-order valence-electron chi connectivity index (χ4n) is 4.34. The quantitative estimate of drug-likeness (QED) is 0.443. The Labute approximate surface area is 187 Å². The number of fused-ring (bicyclic) bond motifs is 1. The topological polar surface area (TPSA) is 45.2 Å². The van der Waals surface area contributed by atoms with Gasteiger partial charge < -0.3 is 14.8 Å². The third-order valence-electron chi connectivity index (χ3n) is 6.13. The van der Waals surface area contributed by atoms with Crippen LogP contribution in [0.3, 0.4) is 0 Å². The van der Waals surface area contributed by atoms with Gasteiger partial charge in [0.1, 0.15) is 5.75 Å². The van der Waals surface area contributed by atoms with E-state index in [-0.39, 0.29) is 5.41 Å². The normalized spacial score (nSPS) is 15.1. The first-order chi connectivity index (χ1) is 14.7. The molecule has 0 bridgehead atoms. The molecule has 1 atom stereocenters. The number of halogens is 3. The zero-order chi connectivity index (χ0) is 23.9. The maximum absolute atomic E-state index is 14.2. The second-order valence-corrected chi connectivity index (χ2v) is 10.3. The molecule has 6 heteroatoms. The molecule has 3 nitrogen and oxygen atoms in total. The first-order valence-corrected chi connectivity index (χ1v) is 10.7. The average molecular weight is 448 g/mol. The maximum Gasteiger partial charge on any atom is 0.417 e. The minimum absolute atomic E-state index is 0.179. The van der Waals surface area contributed by atoms with Crippen molar-refractivity contribution >= 4 is 10.9 Å². The van der Waals surface area contributed by atoms with Crippen LogP contribution in [-0.4, -0.2) is 29.0 Å². The van der Waals surface area contributed by atoms with Crippen LogP contribution < -0.4 is 4.74 Å². The summed E-state index contributed by atoms with van der Waals surface area (Å²) in [5, 5.41) is 11.8. The number of hydrogen-bond donors (Lipinski definition) is 2. The van der Waals surface area contributed by atoms with Gasteiger partial charge in [-0.25, -0.2) is 0 Å². The smallest absolute Gasteiger partial charge is 0.417 e. The van der Waals surface area contributed by atoms with Crippen LogP contribution in [0.1, 0.15) is 57.9 Å². The summed E-state index contributed by atoms with van der Waals surface area (Å²) < 4.78 is 48.2. The summed E-state index contributed by atoms with van der Waals surface area (Å²) in [7, 11) is 1.51. The van der Waals surface area contributed by atoms with Crippen LogP contribution in [0.2, 0.25) is 0 Å². The molecule has 32 heavy (non-hydrogen) atoms. The standard InChI is InChI=1S/C26H32F3NO2/c1-23(2,3)18-11-12-22(32-6)20(14-18)24(4,5)16-25(31,26(27,28)29)15-19-13-17-9-7-8-10-21(17)30-19/h7-14,30-31H,15-16H2,1-6H3. The van der Waals surface area contributed by atoms with E-state index >= 15 is 0 Å². The molecule has 0 aliphatic carbocycles. The third-order valence-corrected chi connectivity index (χ3v) is 6.13. The van der Waals surface area contributed by atoms with E-state index in [0.29, 0.717) is 17.0 Å². The van der Waals surface area contributed by atoms with Crippen molar-refractivity contribution in [3.63, 3.8) is 0 Å². The Morgan fingerprint density at radius 1 is 0.938 bits per heavy atom. The highest BCUT2D eigenvalue weighted by atomic mass is 19.4. The molecule has 3 rings (SSSR count). The molecule has 0 spiro atoms. The highest BCUT2D eigenvalue weighted by molar-refractivity contribution is 5.80. The van der Waals surface area contributed by atoms with Gasteiger partial charge in [0.25, 0.3) is 0 Å². The van der Waals surface area contributed by atoms with Crippen molar-refractivity contribution in [1.29, 1.82) is 0 Å². The van der Waals surface area contributed by atoms with Gasteiger partial charge in [0.2, 0.25) is 0 Å². The Bertz CT molecular complexity index is 1060. The second kappa shape index (κ2) is 8.14. The highest BCUT2D eigenvalue weighted by Crippen LogP contribution is 2.46. The van der Waals surface area contributed by atoms with Crippen molar-refractivity contribution in [2.75, 3.05) is 7.11 Å². The number of aromatic amines is 1. The van der Waals surface area contributed by atoms with Gasteiger partial charge in [-0.2, -0.15) is 13.2 Å². The van der Waals surface area contributed by atoms with E-state index in [4.69, 9.17) is 4.74 Å². The SMILES string of the molecule is COc1ccc(C(C)(C)C)cc1C(C)(C)CC(O)(Cc1cc2ccccc2[nH]1)C(F)(F)F. The van der Waals surface area contributed by atoms with Gasteiger partial charge in [0.05, 0.1) is 7.11 Å². The van der Waals surface area contributed by atoms with Crippen molar-refractivity contribution in [2.45, 2.75) is 70.1 Å². The average Bonchev–Trinajstić information content (AvgIpc) is 3.07. The van der Waals surface area contributed by atoms with Crippen molar-refractivity contribution in [2.24, 2.45) is 0 Å². The molecular weight excluding hydrogens is 415 g/mol. The summed E-state index contributed by atoms with van der Waals surface area (Å²) in [6.07, 6.45) is -5.88. The fraction of sp³-hybridized carbons (Fsp3) is 0.462. The van der Waals surface area contributed by atoms with Crippen molar-refractivity contribution < 1.29 is 23.0 Å². The largest absolute Gasteiger partial charge is 0.496 e. The minimum atomic E-state index is -4.81. The van der Waals surface area contributed by atoms with E-state index in [1.807, 2.05) is 51.1 Å². The number of aromatic nitrogens is 1. The molecule has 0 aliphatic heterocycles. The van der Waals surface area contributed by atoms with Crippen LogP contribution in [0.25, 0.3) is 10.9 Å². The molecule has 0 saturated heterocycles. The molecule has 3 aromatic rings. The van der Waals surface area contributed by atoms with Gasteiger partial charge in [-0.3, -0.25) is 0 Å². The second-order valence-electron chi connectivity index (χ2n) is 10.3. The minimum Gasteiger partial charge on any atom is -0.496 e. The lowest BCUT2D eigenvalue weighted by molar-refractivity contribution is -0.266. The number of hydrogen-bond acceptors (Lipinski definition) is 2. The molecule has 0 radical (unpaired) electrons. The van der Waals surface area contributed by atoms with Gasteiger partial charge in [-0.15, -0.1) is 0 Å². The van der Waals surface area contributed by atoms with Crippen LogP contribution in [0, 0.1) is 0 Å². The molecule has 1 aromatic heterocycles. The summed E-state index contributed by atoms with van der Waals surface area (Å²) in [6.45, 7) is 9.59. The molecular formula is C26H32F3NO2. The molecule has 2 N–H and O–H groups in total. The predicted molar refractivity (Wildman–Crippen MR) is 122 cm³/mol. The first-order valence-electron chi connectivity index (χ1n) is 10.7. The maximum atomic E-state index is 14.2. The number of alkyl halides is 3. The van der Waals surface area contributed by atoms with Crippen LogP contribution in [0.5, 0.6) is 5.75 Å². The Morgan fingerprint density at radius 2 is 1.59 bits per heavy atom. The van der Waals surface area contributed by atoms with Crippen LogP contribution in [0.4, 0.5) is 13.2 Å². The van der Waals surface area contributed by atoms with Crippen molar-refractivity contribution in [1.82, 2.24) is 4.98 Å². The molecule has 0 saturated carbocycles. The highest BCUT2D eigenvalue weighted by Gasteiger charge is 2.56. The lowest BCUT2D eigenvalue weighted by Crippen LogP contribution is -2.51. The first kappa shape index (κ1) is 24.2. The monoisotopic (exact) mass is 447 g/mol. The third kappa shape index (κ3) is 4.80. The fourth-order valence-corrected chi connectivity index (χ4v) is 4.34. The van der Waals surface area contributed by atoms with Gasteiger partial charge >= 0.3 is 6.18 Å². The van der Waals surface area contributed by atoms with E-state index in [9.17, 15) is 18.3 Å². The number of ether oxygens (including phenoxy) is 1. The molecule has 0 aliphatic rings. The van der Waals surface area contributed by atoms with Gasteiger partial charge in [-0.05, 0) is 46.4 Å². The Morgan fingerprint density at radius 3 is 2.16 bits per heavy atom. The van der Waals surface area contributed by atoms with Gasteiger partial charge in [-0.1, -0.05) is 65.0 Å². The van der Waals surface area contributed by atoms with Crippen molar-refractivity contribution in [3.8, 4) is 5.75 Å². The van der Waals surface area contributed by atoms with Crippen LogP contribution >= 0.6 is 0 Å². The summed E-state index contributed by atoms with van der Waals surface area (Å²) in [6, 6.07) is 14.6. The van der Waals surface area contributed by atoms with E-state index < -0.39 is 30.0 Å². The number of methoxy groups -OCH3 is 1. The number of rotatable bonds is 6. The van der Waals surface area contributed by atoms with Gasteiger partial charge in [0.15, 0.2) is 5.60 Å². The van der Waals surface area contributed by atoms with Gasteiger partial charge in [0, 0.05) is 23.2 Å². The Kier molecular flexibility index (Phi) is 6.15. The number of nitrogens with one attached hydrogen (secondary N) is 1. The zero-order valence-electron chi connectivity index (χ0n) is 19.5.